The first-order chi connectivity index (χ1) is 7.79. The fraction of sp³-hybridized carbons (Fsp3) is 0.250. The Kier molecular flexibility index (Phi) is 3.80. The lowest BCUT2D eigenvalue weighted by Gasteiger charge is -2.07. The zero-order valence-electron chi connectivity index (χ0n) is 9.03. The summed E-state index contributed by atoms with van der Waals surface area (Å²) in [6, 6.07) is 8.43. The average Bonchev–Trinajstić information content (AvgIpc) is 2.73. The van der Waals surface area contributed by atoms with Crippen LogP contribution in [0, 0.1) is 0 Å². The van der Waals surface area contributed by atoms with E-state index in [9.17, 15) is 0 Å². The van der Waals surface area contributed by atoms with Crippen molar-refractivity contribution in [2.75, 3.05) is 5.32 Å². The van der Waals surface area contributed by atoms with Gasteiger partial charge in [0.15, 0.2) is 5.13 Å². The normalized spacial score (nSPS) is 10.4. The maximum atomic E-state index is 5.76. The summed E-state index contributed by atoms with van der Waals surface area (Å²) in [5.74, 6) is 0. The van der Waals surface area contributed by atoms with Crippen LogP contribution in [0.1, 0.15) is 18.1 Å². The Morgan fingerprint density at radius 3 is 2.69 bits per heavy atom. The SMILES string of the molecule is CCc1ccccc1CNc1nc(Cl)cs1. The lowest BCUT2D eigenvalue weighted by atomic mass is 10.1. The van der Waals surface area contributed by atoms with Crippen LogP contribution in [0.2, 0.25) is 5.15 Å². The highest BCUT2D eigenvalue weighted by Crippen LogP contribution is 2.20. The van der Waals surface area contributed by atoms with Gasteiger partial charge in [-0.05, 0) is 17.5 Å². The largest absolute Gasteiger partial charge is 0.357 e. The molecule has 4 heteroatoms. The van der Waals surface area contributed by atoms with Crippen LogP contribution in [0.15, 0.2) is 29.6 Å². The van der Waals surface area contributed by atoms with Gasteiger partial charge in [-0.15, -0.1) is 11.3 Å². The number of hydrogen-bond acceptors (Lipinski definition) is 3. The molecule has 1 aromatic carbocycles. The maximum absolute atomic E-state index is 5.76. The smallest absolute Gasteiger partial charge is 0.184 e. The van der Waals surface area contributed by atoms with Crippen LogP contribution in [0.25, 0.3) is 0 Å². The van der Waals surface area contributed by atoms with Gasteiger partial charge < -0.3 is 5.32 Å². The van der Waals surface area contributed by atoms with Gasteiger partial charge in [-0.25, -0.2) is 4.98 Å². The molecule has 0 fully saturated rings. The molecule has 2 nitrogen and oxygen atoms in total. The van der Waals surface area contributed by atoms with Gasteiger partial charge in [0.2, 0.25) is 0 Å². The summed E-state index contributed by atoms with van der Waals surface area (Å²) in [7, 11) is 0. The first kappa shape index (κ1) is 11.4. The molecular formula is C12H13ClN2S. The number of rotatable bonds is 4. The highest BCUT2D eigenvalue weighted by atomic mass is 35.5. The predicted octanol–water partition coefficient (Wildman–Crippen LogP) is 3.97. The summed E-state index contributed by atoms with van der Waals surface area (Å²) in [6.07, 6.45) is 1.05. The Bertz CT molecular complexity index is 468. The first-order valence-electron chi connectivity index (χ1n) is 5.21. The van der Waals surface area contributed by atoms with Crippen LogP contribution in [0.3, 0.4) is 0 Å². The molecule has 0 radical (unpaired) electrons. The summed E-state index contributed by atoms with van der Waals surface area (Å²) >= 11 is 7.29. The van der Waals surface area contributed by atoms with E-state index in [1.807, 2.05) is 5.38 Å². The molecule has 0 saturated carbocycles. The van der Waals surface area contributed by atoms with E-state index < -0.39 is 0 Å². The number of anilines is 1. The van der Waals surface area contributed by atoms with E-state index >= 15 is 0 Å². The van der Waals surface area contributed by atoms with Crippen molar-refractivity contribution in [3.05, 3.63) is 45.9 Å². The number of benzene rings is 1. The summed E-state index contributed by atoms with van der Waals surface area (Å²) in [5, 5.41) is 6.53. The van der Waals surface area contributed by atoms with Gasteiger partial charge in [-0.3, -0.25) is 0 Å². The Morgan fingerprint density at radius 2 is 2.06 bits per heavy atom. The minimum absolute atomic E-state index is 0.552. The molecule has 84 valence electrons. The number of nitrogens with one attached hydrogen (secondary N) is 1. The van der Waals surface area contributed by atoms with Crippen LogP contribution in [-0.2, 0) is 13.0 Å². The van der Waals surface area contributed by atoms with E-state index in [0.29, 0.717) is 5.15 Å². The molecule has 0 aliphatic carbocycles. The maximum Gasteiger partial charge on any atom is 0.184 e. The molecule has 1 heterocycles. The number of thiazole rings is 1. The van der Waals surface area contributed by atoms with Gasteiger partial charge in [-0.1, -0.05) is 42.8 Å². The van der Waals surface area contributed by atoms with E-state index in [-0.39, 0.29) is 0 Å². The molecule has 0 amide bonds. The Balaban J connectivity index is 2.04. The van der Waals surface area contributed by atoms with Crippen molar-refractivity contribution in [1.82, 2.24) is 4.98 Å². The van der Waals surface area contributed by atoms with Gasteiger partial charge in [-0.2, -0.15) is 0 Å². The summed E-state index contributed by atoms with van der Waals surface area (Å²) < 4.78 is 0. The molecule has 16 heavy (non-hydrogen) atoms. The van der Waals surface area contributed by atoms with Gasteiger partial charge >= 0.3 is 0 Å². The van der Waals surface area contributed by atoms with Crippen LogP contribution in [0.5, 0.6) is 0 Å². The van der Waals surface area contributed by atoms with Crippen molar-refractivity contribution in [1.29, 1.82) is 0 Å². The minimum atomic E-state index is 0.552. The number of nitrogens with zero attached hydrogens (tertiary/aromatic N) is 1. The van der Waals surface area contributed by atoms with Crippen LogP contribution >= 0.6 is 22.9 Å². The number of aryl methyl sites for hydroxylation is 1. The van der Waals surface area contributed by atoms with Gasteiger partial charge in [0.25, 0.3) is 0 Å². The van der Waals surface area contributed by atoms with E-state index in [4.69, 9.17) is 11.6 Å². The second kappa shape index (κ2) is 5.32. The van der Waals surface area contributed by atoms with E-state index in [0.717, 1.165) is 18.1 Å². The quantitative estimate of drug-likeness (QED) is 0.891. The zero-order valence-corrected chi connectivity index (χ0v) is 10.6. The summed E-state index contributed by atoms with van der Waals surface area (Å²) in [5.41, 5.74) is 2.69. The predicted molar refractivity (Wildman–Crippen MR) is 70.3 cm³/mol. The highest BCUT2D eigenvalue weighted by Gasteiger charge is 2.02. The molecule has 2 aromatic rings. The molecule has 1 N–H and O–H groups in total. The molecule has 0 bridgehead atoms. The van der Waals surface area contributed by atoms with E-state index in [2.05, 4.69) is 41.5 Å². The van der Waals surface area contributed by atoms with E-state index in [1.165, 1.54) is 22.5 Å². The summed E-state index contributed by atoms with van der Waals surface area (Å²) in [4.78, 5) is 4.15. The number of aromatic nitrogens is 1. The standard InChI is InChI=1S/C12H13ClN2S/c1-2-9-5-3-4-6-10(9)7-14-12-15-11(13)8-16-12/h3-6,8H,2,7H2,1H3,(H,14,15). The first-order valence-corrected chi connectivity index (χ1v) is 6.47. The molecule has 2 rings (SSSR count). The molecule has 0 spiro atoms. The lowest BCUT2D eigenvalue weighted by Crippen LogP contribution is -2.01. The van der Waals surface area contributed by atoms with Crippen LogP contribution in [-0.4, -0.2) is 4.98 Å². The van der Waals surface area contributed by atoms with Crippen molar-refractivity contribution >= 4 is 28.1 Å². The third kappa shape index (κ3) is 2.74. The topological polar surface area (TPSA) is 24.9 Å². The molecule has 0 unspecified atom stereocenters. The molecule has 1 aromatic heterocycles. The van der Waals surface area contributed by atoms with Gasteiger partial charge in [0.1, 0.15) is 5.15 Å². The van der Waals surface area contributed by atoms with Crippen molar-refractivity contribution in [2.24, 2.45) is 0 Å². The second-order valence-corrected chi connectivity index (χ2v) is 4.70. The lowest BCUT2D eigenvalue weighted by molar-refractivity contribution is 1.04. The highest BCUT2D eigenvalue weighted by molar-refractivity contribution is 7.14. The minimum Gasteiger partial charge on any atom is -0.357 e. The fourth-order valence-electron chi connectivity index (χ4n) is 1.58. The second-order valence-electron chi connectivity index (χ2n) is 3.45. The molecule has 0 atom stereocenters. The van der Waals surface area contributed by atoms with Crippen molar-refractivity contribution in [3.63, 3.8) is 0 Å². The summed E-state index contributed by atoms with van der Waals surface area (Å²) in [6.45, 7) is 2.97. The van der Waals surface area contributed by atoms with Crippen LogP contribution < -0.4 is 5.32 Å². The molecule has 0 saturated heterocycles. The van der Waals surface area contributed by atoms with E-state index in [1.54, 1.807) is 0 Å². The third-order valence-corrected chi connectivity index (χ3v) is 3.53. The van der Waals surface area contributed by atoms with Gasteiger partial charge in [0.05, 0.1) is 0 Å². The third-order valence-electron chi connectivity index (χ3n) is 2.41. The van der Waals surface area contributed by atoms with Gasteiger partial charge in [0, 0.05) is 11.9 Å². The van der Waals surface area contributed by atoms with Crippen molar-refractivity contribution in [3.8, 4) is 0 Å². The molecule has 0 aliphatic heterocycles. The van der Waals surface area contributed by atoms with Crippen LogP contribution in [0.4, 0.5) is 5.13 Å². The monoisotopic (exact) mass is 252 g/mol. The zero-order chi connectivity index (χ0) is 11.4. The Morgan fingerprint density at radius 1 is 1.31 bits per heavy atom. The number of hydrogen-bond donors (Lipinski definition) is 1. The molecule has 0 aliphatic rings. The van der Waals surface area contributed by atoms with Crippen molar-refractivity contribution in [2.45, 2.75) is 19.9 Å². The average molecular weight is 253 g/mol. The number of halogens is 1. The Labute approximate surface area is 104 Å². The molecular weight excluding hydrogens is 240 g/mol. The van der Waals surface area contributed by atoms with Crippen molar-refractivity contribution < 1.29 is 0 Å². The fourth-order valence-corrected chi connectivity index (χ4v) is 2.42. The Hall–Kier alpha value is -1.06.